The Morgan fingerprint density at radius 3 is 2.38 bits per heavy atom. The maximum Gasteiger partial charge on any atom is 0.434 e. The van der Waals surface area contributed by atoms with E-state index in [1.165, 1.54) is 14.0 Å². The third kappa shape index (κ3) is 5.71. The number of nitrogens with zero attached hydrogens (tertiary/aromatic N) is 3. The normalized spacial score (nSPS) is 15.1. The fraction of sp³-hybridized carbons (Fsp3) is 0.235. The van der Waals surface area contributed by atoms with Crippen molar-refractivity contribution in [2.75, 3.05) is 20.3 Å². The molecule has 0 spiro atoms. The van der Waals surface area contributed by atoms with Crippen LogP contribution in [-0.2, 0) is 25.6 Å². The van der Waals surface area contributed by atoms with E-state index in [1.807, 2.05) is 12.1 Å². The summed E-state index contributed by atoms with van der Waals surface area (Å²) in [4.78, 5) is 43.7. The molecule has 3 heterocycles. The fourth-order valence-corrected chi connectivity index (χ4v) is 6.85. The van der Waals surface area contributed by atoms with Gasteiger partial charge in [0.05, 0.1) is 30.4 Å². The van der Waals surface area contributed by atoms with Crippen LogP contribution in [0.4, 0.5) is 13.2 Å². The van der Waals surface area contributed by atoms with Crippen LogP contribution in [-0.4, -0.2) is 47.6 Å². The molecule has 242 valence electrons. The van der Waals surface area contributed by atoms with Gasteiger partial charge in [-0.1, -0.05) is 59.9 Å². The van der Waals surface area contributed by atoms with Crippen LogP contribution >= 0.6 is 11.3 Å². The minimum atomic E-state index is -5.06. The summed E-state index contributed by atoms with van der Waals surface area (Å²) < 4.78 is 62.9. The second kappa shape index (κ2) is 12.6. The van der Waals surface area contributed by atoms with E-state index in [1.54, 1.807) is 72.3 Å². The molecule has 0 bridgehead atoms. The molecule has 0 fully saturated rings. The van der Waals surface area contributed by atoms with Crippen molar-refractivity contribution in [2.24, 2.45) is 4.99 Å². The number of ether oxygens (including phenoxy) is 3. The van der Waals surface area contributed by atoms with E-state index >= 15 is 0 Å². The van der Waals surface area contributed by atoms with Crippen molar-refractivity contribution in [2.45, 2.75) is 32.6 Å². The first-order valence-electron chi connectivity index (χ1n) is 14.7. The lowest BCUT2D eigenvalue weighted by atomic mass is 9.90. The van der Waals surface area contributed by atoms with Gasteiger partial charge in [0.15, 0.2) is 10.5 Å². The predicted molar refractivity (Wildman–Crippen MR) is 170 cm³/mol. The number of hydrogen-bond acceptors (Lipinski definition) is 8. The Hall–Kier alpha value is -5.17. The topological polar surface area (TPSA) is 101 Å². The average Bonchev–Trinajstić information content (AvgIpc) is 3.55. The van der Waals surface area contributed by atoms with E-state index in [9.17, 15) is 27.6 Å². The molecular formula is C34H28F3N3O6S. The molecule has 5 aromatic rings. The number of rotatable bonds is 8. The van der Waals surface area contributed by atoms with Crippen LogP contribution in [0.2, 0.25) is 0 Å². The molecule has 1 aliphatic rings. The van der Waals surface area contributed by atoms with Crippen molar-refractivity contribution in [3.8, 4) is 5.75 Å². The second-order valence-corrected chi connectivity index (χ2v) is 11.5. The number of carbonyl (C=O) groups is 2. The number of allylic oxidation sites excluding steroid dienone is 1. The molecule has 2 aromatic heterocycles. The minimum absolute atomic E-state index is 0.0682. The maximum absolute atomic E-state index is 14.7. The molecule has 0 N–H and O–H groups in total. The molecule has 9 nitrogen and oxygen atoms in total. The number of fused-ring (bicyclic) bond motifs is 3. The number of para-hydroxylation sites is 1. The summed E-state index contributed by atoms with van der Waals surface area (Å²) in [7, 11) is 1.36. The van der Waals surface area contributed by atoms with E-state index in [0.717, 1.165) is 15.9 Å². The minimum Gasteiger partial charge on any atom is -0.496 e. The van der Waals surface area contributed by atoms with Gasteiger partial charge in [-0.05, 0) is 42.8 Å². The van der Waals surface area contributed by atoms with E-state index in [-0.39, 0.29) is 40.4 Å². The zero-order valence-electron chi connectivity index (χ0n) is 25.5. The number of halogens is 3. The number of hydrogen-bond donors (Lipinski definition) is 0. The van der Waals surface area contributed by atoms with Gasteiger partial charge >= 0.3 is 18.1 Å². The maximum atomic E-state index is 14.7. The number of carbonyl (C=O) groups excluding carboxylic acids is 2. The zero-order valence-corrected chi connectivity index (χ0v) is 26.3. The number of benzene rings is 3. The van der Waals surface area contributed by atoms with E-state index in [0.29, 0.717) is 27.2 Å². The first-order valence-corrected chi connectivity index (χ1v) is 15.5. The van der Waals surface area contributed by atoms with Crippen LogP contribution in [0, 0.1) is 0 Å². The molecule has 6 rings (SSSR count). The van der Waals surface area contributed by atoms with Crippen LogP contribution in [0.5, 0.6) is 5.75 Å². The quantitative estimate of drug-likeness (QED) is 0.216. The SMILES string of the molecule is CCOC(=O)Cn1cc(/C=c2\sc3n(c2=O)[C@H](c2c(OC)ccc4ccccc24)C(C(=O)OCC)=C(C(F)(F)F)N=3)c2ccccc21. The van der Waals surface area contributed by atoms with E-state index in [2.05, 4.69) is 4.99 Å². The Morgan fingerprint density at radius 2 is 1.68 bits per heavy atom. The Labute approximate surface area is 269 Å². The van der Waals surface area contributed by atoms with Gasteiger partial charge in [-0.25, -0.2) is 9.79 Å². The number of thiazole rings is 1. The van der Waals surface area contributed by atoms with Crippen molar-refractivity contribution < 1.29 is 37.0 Å². The summed E-state index contributed by atoms with van der Waals surface area (Å²) >= 11 is 0.761. The van der Waals surface area contributed by atoms with Crippen molar-refractivity contribution in [1.82, 2.24) is 9.13 Å². The van der Waals surface area contributed by atoms with Crippen molar-refractivity contribution >= 4 is 51.0 Å². The molecular weight excluding hydrogens is 635 g/mol. The first kappa shape index (κ1) is 31.8. The van der Waals surface area contributed by atoms with Gasteiger partial charge in [0.1, 0.15) is 18.3 Å². The Kier molecular flexibility index (Phi) is 8.49. The van der Waals surface area contributed by atoms with Crippen LogP contribution in [0.1, 0.15) is 31.0 Å². The van der Waals surface area contributed by atoms with Crippen molar-refractivity contribution in [3.63, 3.8) is 0 Å². The molecule has 0 aliphatic carbocycles. The van der Waals surface area contributed by atoms with Gasteiger partial charge in [-0.2, -0.15) is 13.2 Å². The number of aromatic nitrogens is 2. The van der Waals surface area contributed by atoms with Crippen LogP contribution < -0.4 is 19.6 Å². The molecule has 0 amide bonds. The van der Waals surface area contributed by atoms with Gasteiger partial charge in [-0.15, -0.1) is 0 Å². The Bertz CT molecular complexity index is 2260. The Balaban J connectivity index is 1.67. The third-order valence-corrected chi connectivity index (χ3v) is 8.71. The molecule has 3 aromatic carbocycles. The van der Waals surface area contributed by atoms with Crippen LogP contribution in [0.3, 0.4) is 0 Å². The molecule has 13 heteroatoms. The highest BCUT2D eigenvalue weighted by atomic mass is 32.1. The Morgan fingerprint density at radius 1 is 0.979 bits per heavy atom. The largest absolute Gasteiger partial charge is 0.496 e. The summed E-state index contributed by atoms with van der Waals surface area (Å²) in [6.45, 7) is 3.11. The lowest BCUT2D eigenvalue weighted by Crippen LogP contribution is -2.41. The molecule has 1 atom stereocenters. The highest BCUT2D eigenvalue weighted by Crippen LogP contribution is 2.43. The highest BCUT2D eigenvalue weighted by molar-refractivity contribution is 7.07. The number of methoxy groups -OCH3 is 1. The van der Waals surface area contributed by atoms with Gasteiger partial charge in [-0.3, -0.25) is 14.2 Å². The number of esters is 2. The summed E-state index contributed by atoms with van der Waals surface area (Å²) in [5.74, 6) is -1.52. The molecule has 1 aliphatic heterocycles. The van der Waals surface area contributed by atoms with Crippen LogP contribution in [0.25, 0.3) is 27.8 Å². The summed E-state index contributed by atoms with van der Waals surface area (Å²) in [6, 6.07) is 15.9. The van der Waals surface area contributed by atoms with Gasteiger partial charge in [0.25, 0.3) is 5.56 Å². The monoisotopic (exact) mass is 663 g/mol. The summed E-state index contributed by atoms with van der Waals surface area (Å²) in [5.41, 5.74) is -1.51. The van der Waals surface area contributed by atoms with E-state index < -0.39 is 41.0 Å². The molecule has 47 heavy (non-hydrogen) atoms. The zero-order chi connectivity index (χ0) is 33.5. The predicted octanol–water partition coefficient (Wildman–Crippen LogP) is 5.02. The van der Waals surface area contributed by atoms with Gasteiger partial charge < -0.3 is 18.8 Å². The van der Waals surface area contributed by atoms with E-state index in [4.69, 9.17) is 14.2 Å². The van der Waals surface area contributed by atoms with Crippen molar-refractivity contribution in [3.05, 3.63) is 109 Å². The molecule has 0 radical (unpaired) electrons. The molecule has 0 unspecified atom stereocenters. The average molecular weight is 664 g/mol. The highest BCUT2D eigenvalue weighted by Gasteiger charge is 2.46. The lowest BCUT2D eigenvalue weighted by molar-refractivity contribution is -0.143. The first-order chi connectivity index (χ1) is 22.6. The summed E-state index contributed by atoms with van der Waals surface area (Å²) in [6.07, 6.45) is -1.84. The molecule has 0 saturated heterocycles. The van der Waals surface area contributed by atoms with Crippen molar-refractivity contribution in [1.29, 1.82) is 0 Å². The standard InChI is InChI=1S/C34H28F3N3O6S/c1-4-45-26(41)18-39-17-20(21-11-8-9-13-23(21)39)16-25-31(42)40-29(27-22-12-7-6-10-19(22)14-15-24(27)44-3)28(32(43)46-5-2)30(34(35,36)37)38-33(40)47-25/h6-17,29H,4-5,18H2,1-3H3/b25-16-/t29-/m1/s1. The lowest BCUT2D eigenvalue weighted by Gasteiger charge is -2.28. The smallest absolute Gasteiger partial charge is 0.434 e. The summed E-state index contributed by atoms with van der Waals surface area (Å²) in [5, 5.41) is 1.85. The van der Waals surface area contributed by atoms with Gasteiger partial charge in [0, 0.05) is 28.2 Å². The van der Waals surface area contributed by atoms with Gasteiger partial charge in [0.2, 0.25) is 0 Å². The fourth-order valence-electron chi connectivity index (χ4n) is 5.86. The third-order valence-electron chi connectivity index (χ3n) is 7.73. The number of alkyl halides is 3. The second-order valence-electron chi connectivity index (χ2n) is 10.5. The molecule has 0 saturated carbocycles. The van der Waals surface area contributed by atoms with Crippen LogP contribution in [0.15, 0.2) is 87.9 Å².